The van der Waals surface area contributed by atoms with Crippen LogP contribution in [0, 0.1) is 0 Å². The summed E-state index contributed by atoms with van der Waals surface area (Å²) < 4.78 is 0. The molecular weight excluding hydrogens is 246 g/mol. The molecule has 0 aliphatic rings. The molecular formula is C14H16ClN3. The number of halogens is 1. The van der Waals surface area contributed by atoms with E-state index in [0.717, 1.165) is 22.8 Å². The highest BCUT2D eigenvalue weighted by molar-refractivity contribution is 6.30. The summed E-state index contributed by atoms with van der Waals surface area (Å²) in [4.78, 5) is 6.24. The Hall–Kier alpha value is -1.58. The first-order valence-electron chi connectivity index (χ1n) is 5.79. The minimum Gasteiger partial charge on any atom is -0.370 e. The summed E-state index contributed by atoms with van der Waals surface area (Å²) in [5.41, 5.74) is 9.04. The van der Waals surface area contributed by atoms with Gasteiger partial charge < -0.3 is 10.6 Å². The maximum atomic E-state index is 5.98. The van der Waals surface area contributed by atoms with E-state index in [2.05, 4.69) is 16.0 Å². The minimum atomic E-state index is 0.489. The Bertz CT molecular complexity index is 528. The highest BCUT2D eigenvalue weighted by atomic mass is 35.5. The molecule has 18 heavy (non-hydrogen) atoms. The van der Waals surface area contributed by atoms with Crippen LogP contribution in [0.5, 0.6) is 0 Å². The average Bonchev–Trinajstić information content (AvgIpc) is 2.38. The van der Waals surface area contributed by atoms with Crippen molar-refractivity contribution in [1.29, 1.82) is 0 Å². The zero-order valence-electron chi connectivity index (χ0n) is 10.3. The Morgan fingerprint density at radius 2 is 2.17 bits per heavy atom. The maximum absolute atomic E-state index is 5.98. The van der Waals surface area contributed by atoms with Crippen molar-refractivity contribution in [3.8, 4) is 0 Å². The van der Waals surface area contributed by atoms with Crippen molar-refractivity contribution >= 4 is 17.3 Å². The van der Waals surface area contributed by atoms with E-state index >= 15 is 0 Å². The van der Waals surface area contributed by atoms with Crippen LogP contribution in [0.25, 0.3) is 0 Å². The topological polar surface area (TPSA) is 42.2 Å². The molecule has 0 atom stereocenters. The van der Waals surface area contributed by atoms with E-state index in [1.54, 1.807) is 6.20 Å². The first kappa shape index (κ1) is 12.9. The van der Waals surface area contributed by atoms with E-state index in [1.807, 2.05) is 37.5 Å². The molecule has 4 heteroatoms. The Morgan fingerprint density at radius 3 is 2.89 bits per heavy atom. The summed E-state index contributed by atoms with van der Waals surface area (Å²) >= 11 is 5.98. The van der Waals surface area contributed by atoms with E-state index in [-0.39, 0.29) is 0 Å². The summed E-state index contributed by atoms with van der Waals surface area (Å²) in [5, 5.41) is 0.759. The van der Waals surface area contributed by atoms with Crippen molar-refractivity contribution < 1.29 is 0 Å². The fourth-order valence-electron chi connectivity index (χ4n) is 1.94. The minimum absolute atomic E-state index is 0.489. The third kappa shape index (κ3) is 3.00. The second-order valence-corrected chi connectivity index (χ2v) is 4.63. The summed E-state index contributed by atoms with van der Waals surface area (Å²) in [6.45, 7) is 1.28. The van der Waals surface area contributed by atoms with Gasteiger partial charge in [-0.25, -0.2) is 0 Å². The predicted octanol–water partition coefficient (Wildman–Crippen LogP) is 2.83. The molecule has 0 saturated heterocycles. The van der Waals surface area contributed by atoms with Crippen LogP contribution in [-0.4, -0.2) is 12.0 Å². The maximum Gasteiger partial charge on any atom is 0.0443 e. The fraction of sp³-hybridized carbons (Fsp3) is 0.214. The molecule has 0 unspecified atom stereocenters. The molecule has 1 heterocycles. The number of rotatable bonds is 4. The van der Waals surface area contributed by atoms with Crippen LogP contribution in [0.1, 0.15) is 11.1 Å². The normalized spacial score (nSPS) is 10.4. The van der Waals surface area contributed by atoms with Crippen molar-refractivity contribution in [3.63, 3.8) is 0 Å². The molecule has 0 saturated carbocycles. The van der Waals surface area contributed by atoms with Crippen LogP contribution in [0.15, 0.2) is 42.7 Å². The molecule has 3 nitrogen and oxygen atoms in total. The van der Waals surface area contributed by atoms with Crippen LogP contribution in [0.3, 0.4) is 0 Å². The molecule has 0 aliphatic heterocycles. The van der Waals surface area contributed by atoms with Gasteiger partial charge in [0.15, 0.2) is 0 Å². The molecule has 94 valence electrons. The molecule has 0 bridgehead atoms. The molecule has 1 aromatic heterocycles. The number of nitrogens with two attached hydrogens (primary N) is 1. The smallest absolute Gasteiger partial charge is 0.0443 e. The Labute approximate surface area is 112 Å². The lowest BCUT2D eigenvalue weighted by molar-refractivity contribution is 0.898. The summed E-state index contributed by atoms with van der Waals surface area (Å²) in [7, 11) is 2.04. The molecule has 0 aliphatic carbocycles. The van der Waals surface area contributed by atoms with E-state index in [0.29, 0.717) is 6.54 Å². The van der Waals surface area contributed by atoms with Crippen molar-refractivity contribution in [1.82, 2.24) is 4.98 Å². The first-order chi connectivity index (χ1) is 8.70. The van der Waals surface area contributed by atoms with E-state index < -0.39 is 0 Å². The van der Waals surface area contributed by atoms with Gasteiger partial charge in [-0.1, -0.05) is 23.7 Å². The third-order valence-electron chi connectivity index (χ3n) is 2.82. The number of hydrogen-bond acceptors (Lipinski definition) is 3. The summed E-state index contributed by atoms with van der Waals surface area (Å²) in [5.74, 6) is 0. The zero-order chi connectivity index (χ0) is 13.0. The standard InChI is InChI=1S/C14H16ClN3/c1-18(10-11-3-2-4-13(15)7-11)14-5-6-17-9-12(14)8-16/h2-7,9H,8,10,16H2,1H3. The van der Waals surface area contributed by atoms with Gasteiger partial charge >= 0.3 is 0 Å². The molecule has 0 amide bonds. The first-order valence-corrected chi connectivity index (χ1v) is 6.17. The van der Waals surface area contributed by atoms with Gasteiger partial charge in [-0.2, -0.15) is 0 Å². The number of hydrogen-bond donors (Lipinski definition) is 1. The van der Waals surface area contributed by atoms with Gasteiger partial charge in [0.05, 0.1) is 0 Å². The molecule has 2 aromatic rings. The van der Waals surface area contributed by atoms with Gasteiger partial charge in [-0.05, 0) is 23.8 Å². The van der Waals surface area contributed by atoms with Gasteiger partial charge in [-0.15, -0.1) is 0 Å². The molecule has 2 rings (SSSR count). The second kappa shape index (κ2) is 5.85. The van der Waals surface area contributed by atoms with Crippen LogP contribution in [0.4, 0.5) is 5.69 Å². The monoisotopic (exact) mass is 261 g/mol. The van der Waals surface area contributed by atoms with Gasteiger partial charge in [0, 0.05) is 48.8 Å². The van der Waals surface area contributed by atoms with Crippen molar-refractivity contribution in [2.24, 2.45) is 5.73 Å². The Kier molecular flexibility index (Phi) is 4.18. The molecule has 1 aromatic carbocycles. The van der Waals surface area contributed by atoms with E-state index in [1.165, 1.54) is 5.56 Å². The summed E-state index contributed by atoms with van der Waals surface area (Å²) in [6.07, 6.45) is 3.59. The predicted molar refractivity (Wildman–Crippen MR) is 75.7 cm³/mol. The number of anilines is 1. The van der Waals surface area contributed by atoms with Crippen LogP contribution in [-0.2, 0) is 13.1 Å². The van der Waals surface area contributed by atoms with E-state index in [4.69, 9.17) is 17.3 Å². The average molecular weight is 262 g/mol. The SMILES string of the molecule is CN(Cc1cccc(Cl)c1)c1ccncc1CN. The quantitative estimate of drug-likeness (QED) is 0.920. The molecule has 0 fully saturated rings. The Balaban J connectivity index is 2.19. The van der Waals surface area contributed by atoms with Crippen LogP contribution < -0.4 is 10.6 Å². The molecule has 0 spiro atoms. The lowest BCUT2D eigenvalue weighted by Crippen LogP contribution is -2.19. The highest BCUT2D eigenvalue weighted by Crippen LogP contribution is 2.20. The lowest BCUT2D eigenvalue weighted by atomic mass is 10.1. The van der Waals surface area contributed by atoms with Gasteiger partial charge in [0.25, 0.3) is 0 Å². The molecule has 0 radical (unpaired) electrons. The van der Waals surface area contributed by atoms with Gasteiger partial charge in [0.1, 0.15) is 0 Å². The second-order valence-electron chi connectivity index (χ2n) is 4.19. The molecule has 2 N–H and O–H groups in total. The summed E-state index contributed by atoms with van der Waals surface area (Å²) in [6, 6.07) is 9.85. The Morgan fingerprint density at radius 1 is 1.33 bits per heavy atom. The fourth-order valence-corrected chi connectivity index (χ4v) is 2.16. The lowest BCUT2D eigenvalue weighted by Gasteiger charge is -2.22. The number of nitrogens with zero attached hydrogens (tertiary/aromatic N) is 2. The van der Waals surface area contributed by atoms with E-state index in [9.17, 15) is 0 Å². The highest BCUT2D eigenvalue weighted by Gasteiger charge is 2.07. The third-order valence-corrected chi connectivity index (χ3v) is 3.05. The van der Waals surface area contributed by atoms with Crippen LogP contribution >= 0.6 is 11.6 Å². The van der Waals surface area contributed by atoms with Crippen molar-refractivity contribution in [3.05, 3.63) is 58.9 Å². The zero-order valence-corrected chi connectivity index (χ0v) is 11.1. The largest absolute Gasteiger partial charge is 0.370 e. The number of benzene rings is 1. The van der Waals surface area contributed by atoms with Crippen molar-refractivity contribution in [2.75, 3.05) is 11.9 Å². The van der Waals surface area contributed by atoms with Crippen molar-refractivity contribution in [2.45, 2.75) is 13.1 Å². The van der Waals surface area contributed by atoms with Gasteiger partial charge in [0.2, 0.25) is 0 Å². The van der Waals surface area contributed by atoms with Crippen LogP contribution in [0.2, 0.25) is 5.02 Å². The van der Waals surface area contributed by atoms with Gasteiger partial charge in [-0.3, -0.25) is 4.98 Å². The number of aromatic nitrogens is 1. The number of pyridine rings is 1.